The lowest BCUT2D eigenvalue weighted by Crippen LogP contribution is -2.41. The molecule has 0 bridgehead atoms. The van der Waals surface area contributed by atoms with Gasteiger partial charge in [0.05, 0.1) is 6.54 Å². The van der Waals surface area contributed by atoms with Crippen molar-refractivity contribution in [3.63, 3.8) is 0 Å². The maximum atomic E-state index is 11.9. The van der Waals surface area contributed by atoms with Gasteiger partial charge in [-0.25, -0.2) is 0 Å². The zero-order valence-electron chi connectivity index (χ0n) is 13.2. The monoisotopic (exact) mass is 292 g/mol. The number of fused-ring (bicyclic) bond motifs is 1. The van der Waals surface area contributed by atoms with Gasteiger partial charge in [0.25, 0.3) is 0 Å². The average molecular weight is 292 g/mol. The molecule has 1 aromatic rings. The highest BCUT2D eigenvalue weighted by atomic mass is 16.7. The highest BCUT2D eigenvalue weighted by Crippen LogP contribution is 2.32. The fourth-order valence-electron chi connectivity index (χ4n) is 2.12. The summed E-state index contributed by atoms with van der Waals surface area (Å²) in [5.41, 5.74) is 1.10. The van der Waals surface area contributed by atoms with E-state index in [1.807, 2.05) is 37.1 Å². The predicted octanol–water partition coefficient (Wildman–Crippen LogP) is 2.01. The van der Waals surface area contributed by atoms with Gasteiger partial charge in [-0.1, -0.05) is 19.9 Å². The Kier molecular flexibility index (Phi) is 5.07. The van der Waals surface area contributed by atoms with E-state index in [1.165, 1.54) is 0 Å². The van der Waals surface area contributed by atoms with Crippen molar-refractivity contribution in [2.24, 2.45) is 5.92 Å². The van der Waals surface area contributed by atoms with Crippen molar-refractivity contribution in [1.29, 1.82) is 0 Å². The molecule has 1 heterocycles. The van der Waals surface area contributed by atoms with Gasteiger partial charge in [-0.2, -0.15) is 0 Å². The molecule has 21 heavy (non-hydrogen) atoms. The Morgan fingerprint density at radius 2 is 2.00 bits per heavy atom. The van der Waals surface area contributed by atoms with Crippen molar-refractivity contribution in [2.75, 3.05) is 20.4 Å². The standard InChI is InChI=1S/C16H24N2O3/c1-11(2)12(3)17-16(19)9-18(4)8-13-5-6-14-15(7-13)21-10-20-14/h5-7,11-12H,8-10H2,1-4H3,(H,17,19). The largest absolute Gasteiger partial charge is 0.454 e. The summed E-state index contributed by atoms with van der Waals surface area (Å²) in [6, 6.07) is 6.06. The molecule has 5 heteroatoms. The van der Waals surface area contributed by atoms with E-state index in [2.05, 4.69) is 19.2 Å². The van der Waals surface area contributed by atoms with Gasteiger partial charge in [0, 0.05) is 12.6 Å². The summed E-state index contributed by atoms with van der Waals surface area (Å²) in [6.45, 7) is 7.58. The Morgan fingerprint density at radius 1 is 1.29 bits per heavy atom. The smallest absolute Gasteiger partial charge is 0.234 e. The van der Waals surface area contributed by atoms with Gasteiger partial charge >= 0.3 is 0 Å². The van der Waals surface area contributed by atoms with Gasteiger partial charge in [-0.05, 0) is 37.6 Å². The fraction of sp³-hybridized carbons (Fsp3) is 0.562. The molecule has 1 aliphatic rings. The van der Waals surface area contributed by atoms with E-state index in [-0.39, 0.29) is 18.7 Å². The summed E-state index contributed by atoms with van der Waals surface area (Å²) in [7, 11) is 1.93. The highest BCUT2D eigenvalue weighted by Gasteiger charge is 2.15. The van der Waals surface area contributed by atoms with E-state index >= 15 is 0 Å². The zero-order valence-corrected chi connectivity index (χ0v) is 13.2. The third-order valence-electron chi connectivity index (χ3n) is 3.69. The van der Waals surface area contributed by atoms with Crippen molar-refractivity contribution in [2.45, 2.75) is 33.4 Å². The minimum atomic E-state index is 0.0550. The number of hydrogen-bond acceptors (Lipinski definition) is 4. The molecule has 1 atom stereocenters. The Labute approximate surface area is 126 Å². The van der Waals surface area contributed by atoms with Crippen LogP contribution in [0, 0.1) is 5.92 Å². The first-order valence-electron chi connectivity index (χ1n) is 7.32. The van der Waals surface area contributed by atoms with Gasteiger partial charge in [-0.3, -0.25) is 9.69 Å². The first kappa shape index (κ1) is 15.6. The molecule has 1 N–H and O–H groups in total. The maximum Gasteiger partial charge on any atom is 0.234 e. The number of nitrogens with zero attached hydrogens (tertiary/aromatic N) is 1. The normalized spacial score (nSPS) is 14.6. The van der Waals surface area contributed by atoms with Gasteiger partial charge in [0.15, 0.2) is 11.5 Å². The van der Waals surface area contributed by atoms with Crippen LogP contribution < -0.4 is 14.8 Å². The number of ether oxygens (including phenoxy) is 2. The second-order valence-electron chi connectivity index (χ2n) is 5.96. The Morgan fingerprint density at radius 3 is 2.71 bits per heavy atom. The molecular weight excluding hydrogens is 268 g/mol. The highest BCUT2D eigenvalue weighted by molar-refractivity contribution is 5.78. The predicted molar refractivity (Wildman–Crippen MR) is 81.3 cm³/mol. The summed E-state index contributed by atoms with van der Waals surface area (Å²) in [5, 5.41) is 3.01. The molecular formula is C16H24N2O3. The van der Waals surface area contributed by atoms with Gasteiger partial charge in [0.1, 0.15) is 0 Å². The van der Waals surface area contributed by atoms with Gasteiger partial charge in [-0.15, -0.1) is 0 Å². The lowest BCUT2D eigenvalue weighted by atomic mass is 10.1. The number of likely N-dealkylation sites (N-methyl/N-ethyl adjacent to an activating group) is 1. The number of carbonyl (C=O) groups is 1. The number of carbonyl (C=O) groups excluding carboxylic acids is 1. The zero-order chi connectivity index (χ0) is 15.4. The van der Waals surface area contributed by atoms with Crippen molar-refractivity contribution >= 4 is 5.91 Å². The van der Waals surface area contributed by atoms with Crippen LogP contribution in [-0.2, 0) is 11.3 Å². The van der Waals surface area contributed by atoms with Crippen LogP contribution in [0.3, 0.4) is 0 Å². The fourth-order valence-corrected chi connectivity index (χ4v) is 2.12. The Bertz CT molecular complexity index is 502. The van der Waals surface area contributed by atoms with Gasteiger partial charge < -0.3 is 14.8 Å². The van der Waals surface area contributed by atoms with Crippen molar-refractivity contribution in [3.05, 3.63) is 23.8 Å². The lowest BCUT2D eigenvalue weighted by Gasteiger charge is -2.21. The Balaban J connectivity index is 1.84. The minimum Gasteiger partial charge on any atom is -0.454 e. The van der Waals surface area contributed by atoms with Crippen molar-refractivity contribution in [3.8, 4) is 11.5 Å². The van der Waals surface area contributed by atoms with E-state index < -0.39 is 0 Å². The van der Waals surface area contributed by atoms with Crippen LogP contribution in [0.25, 0.3) is 0 Å². The molecule has 1 aromatic carbocycles. The van der Waals surface area contributed by atoms with Crippen LogP contribution in [0.5, 0.6) is 11.5 Å². The SMILES string of the molecule is CC(C)C(C)NC(=O)CN(C)Cc1ccc2c(c1)OCO2. The van der Waals surface area contributed by atoms with E-state index in [0.29, 0.717) is 19.0 Å². The molecule has 1 unspecified atom stereocenters. The van der Waals surface area contributed by atoms with E-state index in [4.69, 9.17) is 9.47 Å². The van der Waals surface area contributed by atoms with Crippen LogP contribution in [0.1, 0.15) is 26.3 Å². The molecule has 0 saturated carbocycles. The van der Waals surface area contributed by atoms with Crippen LogP contribution in [0.4, 0.5) is 0 Å². The second kappa shape index (κ2) is 6.80. The van der Waals surface area contributed by atoms with E-state index in [1.54, 1.807) is 0 Å². The summed E-state index contributed by atoms with van der Waals surface area (Å²) < 4.78 is 10.6. The molecule has 0 spiro atoms. The van der Waals surface area contributed by atoms with Crippen LogP contribution in [0.15, 0.2) is 18.2 Å². The topological polar surface area (TPSA) is 50.8 Å². The lowest BCUT2D eigenvalue weighted by molar-refractivity contribution is -0.122. The molecule has 1 amide bonds. The third-order valence-corrected chi connectivity index (χ3v) is 3.69. The molecule has 0 aliphatic carbocycles. The second-order valence-corrected chi connectivity index (χ2v) is 5.96. The molecule has 116 valence electrons. The summed E-state index contributed by atoms with van der Waals surface area (Å²) in [5.74, 6) is 2.05. The number of rotatable bonds is 6. The van der Waals surface area contributed by atoms with Crippen molar-refractivity contribution in [1.82, 2.24) is 10.2 Å². The summed E-state index contributed by atoms with van der Waals surface area (Å²) >= 11 is 0. The minimum absolute atomic E-state index is 0.0550. The number of benzene rings is 1. The van der Waals surface area contributed by atoms with Crippen molar-refractivity contribution < 1.29 is 14.3 Å². The number of amides is 1. The molecule has 0 fully saturated rings. The van der Waals surface area contributed by atoms with E-state index in [0.717, 1.165) is 17.1 Å². The molecule has 1 aliphatic heterocycles. The summed E-state index contributed by atoms with van der Waals surface area (Å²) in [6.07, 6.45) is 0. The van der Waals surface area contributed by atoms with E-state index in [9.17, 15) is 4.79 Å². The van der Waals surface area contributed by atoms with Crippen LogP contribution in [-0.4, -0.2) is 37.2 Å². The molecule has 0 aromatic heterocycles. The Hall–Kier alpha value is -1.75. The van der Waals surface area contributed by atoms with Crippen LogP contribution >= 0.6 is 0 Å². The third kappa shape index (κ3) is 4.36. The number of hydrogen-bond donors (Lipinski definition) is 1. The molecule has 2 rings (SSSR count). The quantitative estimate of drug-likeness (QED) is 0.871. The maximum absolute atomic E-state index is 11.9. The molecule has 5 nitrogen and oxygen atoms in total. The van der Waals surface area contributed by atoms with Crippen LogP contribution in [0.2, 0.25) is 0 Å². The molecule has 0 radical (unpaired) electrons. The number of nitrogens with one attached hydrogen (secondary N) is 1. The average Bonchev–Trinajstić information content (AvgIpc) is 2.85. The first-order valence-corrected chi connectivity index (χ1v) is 7.32. The first-order chi connectivity index (χ1) is 9.95. The van der Waals surface area contributed by atoms with Gasteiger partial charge in [0.2, 0.25) is 12.7 Å². The summed E-state index contributed by atoms with van der Waals surface area (Å²) in [4.78, 5) is 13.9. The molecule has 0 saturated heterocycles.